The van der Waals surface area contributed by atoms with Gasteiger partial charge in [-0.05, 0) is 18.2 Å². The number of amides is 4. The number of carbonyl (C=O) groups excluding carboxylic acids is 3. The van der Waals surface area contributed by atoms with E-state index in [-0.39, 0.29) is 57.7 Å². The van der Waals surface area contributed by atoms with Crippen LogP contribution in [-0.2, 0) is 13.2 Å². The highest BCUT2D eigenvalue weighted by atomic mass is 35.5. The second kappa shape index (κ2) is 11.4. The fourth-order valence-corrected chi connectivity index (χ4v) is 6.73. The molecular formula is C29H29ClF5N9O4. The number of hydrogen-bond acceptors (Lipinski definition) is 7. The fourth-order valence-electron chi connectivity index (χ4n) is 6.47. The Morgan fingerprint density at radius 2 is 1.81 bits per heavy atom. The zero-order valence-electron chi connectivity index (χ0n) is 25.1. The molecule has 1 aromatic carbocycles. The number of carbonyl (C=O) groups is 3. The van der Waals surface area contributed by atoms with Crippen molar-refractivity contribution < 1.29 is 41.4 Å². The summed E-state index contributed by atoms with van der Waals surface area (Å²) in [5.74, 6) is -4.50. The van der Waals surface area contributed by atoms with Gasteiger partial charge in [0.05, 0.1) is 40.2 Å². The Morgan fingerprint density at radius 3 is 2.42 bits per heavy atom. The van der Waals surface area contributed by atoms with E-state index in [1.165, 1.54) is 25.2 Å². The van der Waals surface area contributed by atoms with Crippen molar-refractivity contribution in [3.05, 3.63) is 52.7 Å². The van der Waals surface area contributed by atoms with E-state index in [1.807, 2.05) is 0 Å². The molecule has 4 heterocycles. The predicted molar refractivity (Wildman–Crippen MR) is 158 cm³/mol. The molecule has 3 aromatic rings. The van der Waals surface area contributed by atoms with E-state index in [0.717, 1.165) is 17.0 Å². The van der Waals surface area contributed by atoms with Crippen molar-refractivity contribution in [2.45, 2.75) is 42.7 Å². The van der Waals surface area contributed by atoms with Crippen LogP contribution >= 0.6 is 11.6 Å². The van der Waals surface area contributed by atoms with E-state index in [1.54, 1.807) is 4.90 Å². The first kappa shape index (κ1) is 32.3. The number of benzene rings is 1. The number of nitrogens with one attached hydrogen (secondary N) is 4. The molecule has 0 bridgehead atoms. The molecule has 6 atom stereocenters. The minimum Gasteiger partial charge on any atom is -0.390 e. The van der Waals surface area contributed by atoms with Crippen LogP contribution in [0.4, 0.5) is 32.4 Å². The number of nitrogens with zero attached hydrogens (tertiary/aromatic N) is 5. The second-order valence-corrected chi connectivity index (χ2v) is 12.9. The third-order valence-corrected chi connectivity index (χ3v) is 9.63. The molecule has 4 fully saturated rings. The van der Waals surface area contributed by atoms with Crippen LogP contribution in [0.2, 0.25) is 5.02 Å². The van der Waals surface area contributed by atoms with Gasteiger partial charge in [-0.2, -0.15) is 18.3 Å². The third-order valence-electron chi connectivity index (χ3n) is 9.32. The molecule has 256 valence electrons. The van der Waals surface area contributed by atoms with Gasteiger partial charge in [0, 0.05) is 69.4 Å². The van der Waals surface area contributed by atoms with Crippen molar-refractivity contribution in [1.29, 1.82) is 0 Å². The first-order chi connectivity index (χ1) is 22.6. The molecule has 2 aliphatic heterocycles. The number of likely N-dealkylation sites (tertiary alicyclic amines) is 1. The van der Waals surface area contributed by atoms with Gasteiger partial charge in [0.15, 0.2) is 11.5 Å². The minimum atomic E-state index is -4.95. The van der Waals surface area contributed by atoms with Crippen LogP contribution in [0.5, 0.6) is 0 Å². The molecule has 2 aromatic heterocycles. The molecule has 48 heavy (non-hydrogen) atoms. The van der Waals surface area contributed by atoms with Crippen LogP contribution in [0.15, 0.2) is 30.6 Å². The summed E-state index contributed by atoms with van der Waals surface area (Å²) in [4.78, 5) is 44.2. The largest absolute Gasteiger partial charge is 0.435 e. The number of fused-ring (bicyclic) bond motifs is 1. The molecule has 13 nitrogen and oxygen atoms in total. The maximum atomic E-state index is 13.7. The Bertz CT molecular complexity index is 1800. The summed E-state index contributed by atoms with van der Waals surface area (Å²) < 4.78 is 70.0. The Kier molecular flexibility index (Phi) is 7.67. The molecule has 4 amide bonds. The number of imidazole rings is 1. The van der Waals surface area contributed by atoms with E-state index in [0.29, 0.717) is 30.9 Å². The molecule has 0 spiro atoms. The Morgan fingerprint density at radius 1 is 1.10 bits per heavy atom. The van der Waals surface area contributed by atoms with Crippen molar-refractivity contribution in [2.24, 2.45) is 18.9 Å². The highest BCUT2D eigenvalue weighted by Crippen LogP contribution is 2.53. The van der Waals surface area contributed by atoms with Crippen LogP contribution < -0.4 is 21.3 Å². The summed E-state index contributed by atoms with van der Waals surface area (Å²) in [7, 11) is 1.30. The molecule has 7 rings (SSSR count). The normalized spacial score (nSPS) is 27.0. The van der Waals surface area contributed by atoms with Crippen molar-refractivity contribution in [2.75, 3.05) is 31.5 Å². The van der Waals surface area contributed by atoms with E-state index >= 15 is 0 Å². The van der Waals surface area contributed by atoms with Crippen LogP contribution in [-0.4, -0.2) is 97.5 Å². The minimum absolute atomic E-state index is 0.0282. The van der Waals surface area contributed by atoms with E-state index < -0.39 is 53.7 Å². The summed E-state index contributed by atoms with van der Waals surface area (Å²) in [5.41, 5.74) is -1.72. The van der Waals surface area contributed by atoms with E-state index in [2.05, 4.69) is 31.3 Å². The molecule has 2 saturated heterocycles. The third kappa shape index (κ3) is 5.85. The summed E-state index contributed by atoms with van der Waals surface area (Å²) in [6.45, 7) is 1.83. The number of halogens is 6. The van der Waals surface area contributed by atoms with Gasteiger partial charge in [-0.25, -0.2) is 18.6 Å². The number of anilines is 1. The molecule has 2 aliphatic carbocycles. The lowest BCUT2D eigenvalue weighted by atomic mass is 10.2. The van der Waals surface area contributed by atoms with Gasteiger partial charge in [-0.15, -0.1) is 0 Å². The molecular weight excluding hydrogens is 669 g/mol. The van der Waals surface area contributed by atoms with Gasteiger partial charge in [0.1, 0.15) is 6.04 Å². The number of β-amino-alcohol motifs (C(OH)–C–C–N with tert-alkyl or cyclic N) is 1. The fraction of sp³-hybridized carbons (Fsp3) is 0.483. The number of rotatable bonds is 7. The lowest BCUT2D eigenvalue weighted by Crippen LogP contribution is -2.49. The number of urea groups is 1. The summed E-state index contributed by atoms with van der Waals surface area (Å²) in [6.07, 6.45) is -4.32. The summed E-state index contributed by atoms with van der Waals surface area (Å²) >= 11 is 6.38. The predicted octanol–water partition coefficient (Wildman–Crippen LogP) is 2.49. The lowest BCUT2D eigenvalue weighted by Gasteiger charge is -2.24. The van der Waals surface area contributed by atoms with Crippen LogP contribution in [0, 0.1) is 11.8 Å². The van der Waals surface area contributed by atoms with Gasteiger partial charge < -0.3 is 35.8 Å². The number of piperidine rings is 1. The van der Waals surface area contributed by atoms with Crippen LogP contribution in [0.1, 0.15) is 39.1 Å². The van der Waals surface area contributed by atoms with Crippen molar-refractivity contribution in [3.63, 3.8) is 0 Å². The van der Waals surface area contributed by atoms with Crippen LogP contribution in [0.3, 0.4) is 0 Å². The number of alkyl halides is 5. The van der Waals surface area contributed by atoms with Gasteiger partial charge in [0.25, 0.3) is 17.7 Å². The average molecular weight is 698 g/mol. The van der Waals surface area contributed by atoms with Gasteiger partial charge >= 0.3 is 12.2 Å². The molecule has 5 N–H and O–H groups in total. The maximum Gasteiger partial charge on any atom is 0.435 e. The first-order valence-electron chi connectivity index (χ1n) is 15.0. The van der Waals surface area contributed by atoms with Gasteiger partial charge in [0.2, 0.25) is 0 Å². The number of aromatic nitrogens is 4. The Balaban J connectivity index is 0.967. The zero-order valence-corrected chi connectivity index (χ0v) is 25.8. The van der Waals surface area contributed by atoms with Crippen molar-refractivity contribution in [3.8, 4) is 11.3 Å². The molecule has 0 radical (unpaired) electrons. The molecule has 4 aliphatic rings. The zero-order chi connectivity index (χ0) is 34.3. The highest BCUT2D eigenvalue weighted by Gasteiger charge is 2.60. The van der Waals surface area contributed by atoms with Crippen molar-refractivity contribution in [1.82, 2.24) is 40.2 Å². The summed E-state index contributed by atoms with van der Waals surface area (Å²) in [6, 6.07) is 1.94. The summed E-state index contributed by atoms with van der Waals surface area (Å²) in [5, 5.41) is 24.6. The van der Waals surface area contributed by atoms with E-state index in [4.69, 9.17) is 11.6 Å². The number of hydrogen-bond donors (Lipinski definition) is 5. The lowest BCUT2D eigenvalue weighted by molar-refractivity contribution is -0.141. The second-order valence-electron chi connectivity index (χ2n) is 12.5. The SMILES string of the molecule is Cn1c(-c2cn([C@H]3CC3(F)F)nc2C(F)(F)F)cnc1C(=O)Nc1ccc(C(=O)N[C@H]2[C@@H]3CN(C(=O)N[C@@H]4CNC[C@H]4O)C[C@@H]32)c(Cl)c1. The van der Waals surface area contributed by atoms with Crippen molar-refractivity contribution >= 4 is 35.1 Å². The van der Waals surface area contributed by atoms with Gasteiger partial charge in [-0.3, -0.25) is 14.3 Å². The van der Waals surface area contributed by atoms with E-state index in [9.17, 15) is 41.4 Å². The monoisotopic (exact) mass is 697 g/mol. The number of aliphatic hydroxyl groups is 1. The quantitative estimate of drug-likeness (QED) is 0.238. The molecule has 0 unspecified atom stereocenters. The smallest absolute Gasteiger partial charge is 0.390 e. The Hall–Kier alpha value is -4.29. The average Bonchev–Trinajstić information content (AvgIpc) is 3.46. The maximum absolute atomic E-state index is 13.7. The van der Waals surface area contributed by atoms with Gasteiger partial charge in [-0.1, -0.05) is 11.6 Å². The standard InChI is InChI=1S/C29H29ClF5N9O4/c1-42-19(16-11-44(21-5-28(21,31)32)41-23(16)29(33,34)35)7-37-24(42)26(47)38-12-2-3-13(17(30)4-12)25(46)40-22-14-9-43(10-15(14)22)27(48)39-18-6-36-8-20(18)45/h2-4,7,11,14-15,18,20-22,36,45H,5-6,8-10H2,1H3,(H,38,47)(H,39,48)(H,40,46)/t14-,15+,18-,20-,21+,22+/m1/s1. The molecule has 2 saturated carbocycles. The van der Waals surface area contributed by atoms with Crippen LogP contribution in [0.25, 0.3) is 11.3 Å². The Labute approximate surface area is 273 Å². The molecule has 19 heteroatoms. The topological polar surface area (TPSA) is 158 Å². The highest BCUT2D eigenvalue weighted by molar-refractivity contribution is 6.34. The first-order valence-corrected chi connectivity index (χ1v) is 15.4. The number of aliphatic hydroxyl groups excluding tert-OH is 1.